The molecule has 0 saturated carbocycles. The average Bonchev–Trinajstić information content (AvgIpc) is 2.82. The smallest absolute Gasteiger partial charge is 0.267 e. The van der Waals surface area contributed by atoms with Crippen LogP contribution in [-0.4, -0.2) is 30.0 Å². The third-order valence-corrected chi connectivity index (χ3v) is 2.96. The van der Waals surface area contributed by atoms with Crippen LogP contribution in [0, 0.1) is 0 Å². The molecule has 1 aromatic heterocycles. The molecule has 0 aromatic carbocycles. The van der Waals surface area contributed by atoms with Gasteiger partial charge >= 0.3 is 0 Å². The molecule has 17 heavy (non-hydrogen) atoms. The first-order chi connectivity index (χ1) is 8.25. The van der Waals surface area contributed by atoms with Crippen molar-refractivity contribution in [2.75, 3.05) is 18.4 Å². The minimum atomic E-state index is -0.494. The van der Waals surface area contributed by atoms with Crippen molar-refractivity contribution in [2.45, 2.75) is 25.3 Å². The van der Waals surface area contributed by atoms with Gasteiger partial charge in [-0.15, -0.1) is 0 Å². The lowest BCUT2D eigenvalue weighted by molar-refractivity contribution is 0.0995. The van der Waals surface area contributed by atoms with Crippen LogP contribution >= 0.6 is 0 Å². The summed E-state index contributed by atoms with van der Waals surface area (Å²) in [5.41, 5.74) is 5.47. The van der Waals surface area contributed by atoms with Gasteiger partial charge < -0.3 is 16.4 Å². The average molecular weight is 234 g/mol. The maximum atomic E-state index is 11.0. The van der Waals surface area contributed by atoms with E-state index < -0.39 is 5.91 Å². The fraction of sp³-hybridized carbons (Fsp3) is 0.500. The maximum absolute atomic E-state index is 11.0. The Morgan fingerprint density at radius 1 is 1.59 bits per heavy atom. The van der Waals surface area contributed by atoms with Crippen molar-refractivity contribution in [3.05, 3.63) is 23.9 Å². The van der Waals surface area contributed by atoms with Crippen LogP contribution in [0.5, 0.6) is 0 Å². The van der Waals surface area contributed by atoms with Crippen LogP contribution in [0.2, 0.25) is 0 Å². The van der Waals surface area contributed by atoms with Gasteiger partial charge in [0.05, 0.1) is 0 Å². The van der Waals surface area contributed by atoms with E-state index in [1.807, 2.05) is 6.07 Å². The first-order valence-electron chi connectivity index (χ1n) is 6.00. The lowest BCUT2D eigenvalue weighted by Crippen LogP contribution is -2.24. The Labute approximate surface area is 101 Å². The minimum Gasteiger partial charge on any atom is -0.370 e. The van der Waals surface area contributed by atoms with E-state index >= 15 is 0 Å². The zero-order valence-electron chi connectivity index (χ0n) is 9.78. The molecule has 1 aromatic rings. The number of amides is 1. The van der Waals surface area contributed by atoms with Crippen molar-refractivity contribution in [1.29, 1.82) is 0 Å². The first kappa shape index (κ1) is 11.9. The van der Waals surface area contributed by atoms with Crippen LogP contribution in [0.15, 0.2) is 18.2 Å². The highest BCUT2D eigenvalue weighted by atomic mass is 16.1. The Hall–Kier alpha value is -1.62. The zero-order valence-corrected chi connectivity index (χ0v) is 9.78. The Bertz CT molecular complexity index is 388. The number of hydrogen-bond donors (Lipinski definition) is 3. The van der Waals surface area contributed by atoms with Crippen molar-refractivity contribution < 1.29 is 4.79 Å². The third kappa shape index (κ3) is 3.42. The molecular formula is C12H18N4O. The summed E-state index contributed by atoms with van der Waals surface area (Å²) >= 11 is 0. The molecule has 1 aliphatic rings. The summed E-state index contributed by atoms with van der Waals surface area (Å²) in [6, 6.07) is 5.85. The fourth-order valence-corrected chi connectivity index (χ4v) is 2.05. The number of primary amides is 1. The van der Waals surface area contributed by atoms with Gasteiger partial charge in [-0.1, -0.05) is 6.07 Å². The van der Waals surface area contributed by atoms with Gasteiger partial charge in [-0.05, 0) is 37.9 Å². The van der Waals surface area contributed by atoms with Crippen LogP contribution in [0.25, 0.3) is 0 Å². The fourth-order valence-electron chi connectivity index (χ4n) is 2.05. The summed E-state index contributed by atoms with van der Waals surface area (Å²) < 4.78 is 0. The summed E-state index contributed by atoms with van der Waals surface area (Å²) in [7, 11) is 0. The molecule has 1 amide bonds. The highest BCUT2D eigenvalue weighted by Gasteiger charge is 2.13. The molecule has 4 N–H and O–H groups in total. The van der Waals surface area contributed by atoms with Gasteiger partial charge in [-0.2, -0.15) is 0 Å². The number of anilines is 1. The monoisotopic (exact) mass is 234 g/mol. The molecule has 5 nitrogen and oxygen atoms in total. The quantitative estimate of drug-likeness (QED) is 0.702. The van der Waals surface area contributed by atoms with Crippen molar-refractivity contribution in [3.63, 3.8) is 0 Å². The summed E-state index contributed by atoms with van der Waals surface area (Å²) in [4.78, 5) is 15.1. The molecule has 0 bridgehead atoms. The Morgan fingerprint density at radius 3 is 3.18 bits per heavy atom. The molecule has 1 aliphatic heterocycles. The summed E-state index contributed by atoms with van der Waals surface area (Å²) in [6.07, 6.45) is 3.58. The molecule has 5 heteroatoms. The predicted octanol–water partition coefficient (Wildman–Crippen LogP) is 0.734. The Morgan fingerprint density at radius 2 is 2.47 bits per heavy atom. The number of hydrogen-bond acceptors (Lipinski definition) is 4. The standard InChI is InChI=1S/C12H18N4O/c13-12(17)10-4-1-5-11(16-10)15-8-6-9-3-2-7-14-9/h1,4-5,9,14H,2-3,6-8H2,(H2,13,17)(H,15,16)/t9-/m0/s1. The maximum Gasteiger partial charge on any atom is 0.267 e. The van der Waals surface area contributed by atoms with Gasteiger partial charge in [-0.25, -0.2) is 4.98 Å². The molecule has 0 radical (unpaired) electrons. The molecule has 0 unspecified atom stereocenters. The number of rotatable bonds is 5. The molecule has 1 fully saturated rings. The van der Waals surface area contributed by atoms with E-state index in [-0.39, 0.29) is 0 Å². The topological polar surface area (TPSA) is 80.0 Å². The van der Waals surface area contributed by atoms with Crippen molar-refractivity contribution in [3.8, 4) is 0 Å². The van der Waals surface area contributed by atoms with E-state index in [0.29, 0.717) is 17.6 Å². The molecule has 2 heterocycles. The van der Waals surface area contributed by atoms with Gasteiger partial charge in [0.1, 0.15) is 11.5 Å². The zero-order chi connectivity index (χ0) is 12.1. The first-order valence-corrected chi connectivity index (χ1v) is 6.00. The second-order valence-corrected chi connectivity index (χ2v) is 4.28. The van der Waals surface area contributed by atoms with Gasteiger partial charge in [-0.3, -0.25) is 4.79 Å². The van der Waals surface area contributed by atoms with Crippen LogP contribution < -0.4 is 16.4 Å². The van der Waals surface area contributed by atoms with E-state index in [2.05, 4.69) is 15.6 Å². The summed E-state index contributed by atoms with van der Waals surface area (Å²) in [5.74, 6) is 0.213. The number of nitrogens with one attached hydrogen (secondary N) is 2. The number of carbonyl (C=O) groups is 1. The number of nitrogens with zero attached hydrogens (tertiary/aromatic N) is 1. The normalized spacial score (nSPS) is 19.2. The molecule has 2 rings (SSSR count). The van der Waals surface area contributed by atoms with Crippen molar-refractivity contribution in [1.82, 2.24) is 10.3 Å². The van der Waals surface area contributed by atoms with E-state index in [9.17, 15) is 4.79 Å². The number of carbonyl (C=O) groups excluding carboxylic acids is 1. The molecular weight excluding hydrogens is 216 g/mol. The second kappa shape index (κ2) is 5.63. The van der Waals surface area contributed by atoms with Gasteiger partial charge in [0.2, 0.25) is 0 Å². The molecule has 1 saturated heterocycles. The van der Waals surface area contributed by atoms with E-state index in [0.717, 1.165) is 19.5 Å². The largest absolute Gasteiger partial charge is 0.370 e. The molecule has 1 atom stereocenters. The summed E-state index contributed by atoms with van der Waals surface area (Å²) in [5, 5.41) is 6.65. The minimum absolute atomic E-state index is 0.300. The van der Waals surface area contributed by atoms with Crippen molar-refractivity contribution >= 4 is 11.7 Å². The summed E-state index contributed by atoms with van der Waals surface area (Å²) in [6.45, 7) is 1.98. The highest BCUT2D eigenvalue weighted by Crippen LogP contribution is 2.09. The second-order valence-electron chi connectivity index (χ2n) is 4.28. The van der Waals surface area contributed by atoms with Gasteiger partial charge in [0.15, 0.2) is 0 Å². The number of pyridine rings is 1. The number of aromatic nitrogens is 1. The molecule has 0 spiro atoms. The van der Waals surface area contributed by atoms with Crippen molar-refractivity contribution in [2.24, 2.45) is 5.73 Å². The Balaban J connectivity index is 1.81. The Kier molecular flexibility index (Phi) is 3.93. The highest BCUT2D eigenvalue weighted by molar-refractivity contribution is 5.91. The lowest BCUT2D eigenvalue weighted by Gasteiger charge is -2.11. The lowest BCUT2D eigenvalue weighted by atomic mass is 10.1. The van der Waals surface area contributed by atoms with E-state index in [4.69, 9.17) is 5.73 Å². The van der Waals surface area contributed by atoms with Crippen LogP contribution in [-0.2, 0) is 0 Å². The molecule has 92 valence electrons. The van der Waals surface area contributed by atoms with Gasteiger partial charge in [0.25, 0.3) is 5.91 Å². The SMILES string of the molecule is NC(=O)c1cccc(NCC[C@@H]2CCCN2)n1. The predicted molar refractivity (Wildman–Crippen MR) is 66.9 cm³/mol. The van der Waals surface area contributed by atoms with Crippen LogP contribution in [0.1, 0.15) is 29.8 Å². The van der Waals surface area contributed by atoms with E-state index in [1.54, 1.807) is 12.1 Å². The van der Waals surface area contributed by atoms with Crippen LogP contribution in [0.3, 0.4) is 0 Å². The van der Waals surface area contributed by atoms with Gasteiger partial charge in [0, 0.05) is 12.6 Å². The van der Waals surface area contributed by atoms with Crippen LogP contribution in [0.4, 0.5) is 5.82 Å². The molecule has 0 aliphatic carbocycles. The van der Waals surface area contributed by atoms with E-state index in [1.165, 1.54) is 12.8 Å². The third-order valence-electron chi connectivity index (χ3n) is 2.96. The number of nitrogens with two attached hydrogens (primary N) is 1.